The summed E-state index contributed by atoms with van der Waals surface area (Å²) in [4.78, 5) is 23.8. The first-order valence-corrected chi connectivity index (χ1v) is 9.43. The topological polar surface area (TPSA) is 122 Å². The maximum Gasteiger partial charge on any atom is 0.330 e. The molecule has 9 nitrogen and oxygen atoms in total. The highest BCUT2D eigenvalue weighted by molar-refractivity contribution is 7.89. The summed E-state index contributed by atoms with van der Waals surface area (Å²) in [6.45, 7) is 2.12. The molecule has 10 heteroatoms. The lowest BCUT2D eigenvalue weighted by molar-refractivity contribution is -0.143. The molecule has 26 heavy (non-hydrogen) atoms. The molecule has 2 rings (SSSR count). The zero-order chi connectivity index (χ0) is 19.3. The zero-order valence-electron chi connectivity index (χ0n) is 14.6. The highest BCUT2D eigenvalue weighted by Crippen LogP contribution is 2.22. The number of morpholine rings is 1. The van der Waals surface area contributed by atoms with E-state index in [-0.39, 0.29) is 23.5 Å². The third-order valence-corrected chi connectivity index (χ3v) is 6.05. The molecule has 0 aromatic heterocycles. The number of aliphatic hydroxyl groups excluding tert-OH is 1. The number of benzene rings is 1. The van der Waals surface area contributed by atoms with Gasteiger partial charge in [-0.3, -0.25) is 4.79 Å². The van der Waals surface area contributed by atoms with Crippen molar-refractivity contribution < 1.29 is 32.6 Å². The number of aryl methyl sites for hydroxylation is 1. The van der Waals surface area contributed by atoms with E-state index in [9.17, 15) is 23.1 Å². The average Bonchev–Trinajstić information content (AvgIpc) is 2.66. The van der Waals surface area contributed by atoms with Gasteiger partial charge < -0.3 is 19.9 Å². The average molecular weight is 386 g/mol. The van der Waals surface area contributed by atoms with Crippen LogP contribution in [0.2, 0.25) is 0 Å². The van der Waals surface area contributed by atoms with Gasteiger partial charge >= 0.3 is 5.97 Å². The van der Waals surface area contributed by atoms with E-state index in [1.54, 1.807) is 6.92 Å². The number of rotatable bonds is 6. The van der Waals surface area contributed by atoms with E-state index in [1.165, 1.54) is 22.5 Å². The molecule has 0 spiro atoms. The Kier molecular flexibility index (Phi) is 6.70. The van der Waals surface area contributed by atoms with Crippen LogP contribution in [0, 0.1) is 6.92 Å². The molecule has 1 aromatic rings. The number of carbonyl (C=O) groups is 2. The standard InChI is InChI=1S/C16H22N2O7S/c1-11-3-4-12(15(20)17-13(10-19)16(21)24-2)9-14(11)26(22,23)18-5-7-25-8-6-18/h3-4,9,13,19H,5-8,10H2,1-2H3,(H,17,20)/t13-/m1/s1. The smallest absolute Gasteiger partial charge is 0.330 e. The van der Waals surface area contributed by atoms with Crippen LogP contribution in [-0.4, -0.2) is 75.8 Å². The lowest BCUT2D eigenvalue weighted by Gasteiger charge is -2.26. The largest absolute Gasteiger partial charge is 0.467 e. The lowest BCUT2D eigenvalue weighted by Crippen LogP contribution is -2.44. The maximum atomic E-state index is 12.8. The number of carbonyl (C=O) groups excluding carboxylic acids is 2. The number of nitrogens with one attached hydrogen (secondary N) is 1. The third-order valence-electron chi connectivity index (χ3n) is 4.01. The zero-order valence-corrected chi connectivity index (χ0v) is 15.4. The summed E-state index contributed by atoms with van der Waals surface area (Å²) in [5, 5.41) is 11.5. The summed E-state index contributed by atoms with van der Waals surface area (Å²) in [6.07, 6.45) is 0. The van der Waals surface area contributed by atoms with Gasteiger partial charge in [0.25, 0.3) is 5.91 Å². The van der Waals surface area contributed by atoms with Gasteiger partial charge in [0.1, 0.15) is 0 Å². The summed E-state index contributed by atoms with van der Waals surface area (Å²) in [7, 11) is -2.64. The van der Waals surface area contributed by atoms with E-state index in [0.29, 0.717) is 18.8 Å². The Balaban J connectivity index is 2.28. The summed E-state index contributed by atoms with van der Waals surface area (Å²) < 4.78 is 36.7. The van der Waals surface area contributed by atoms with Gasteiger partial charge in [0.05, 0.1) is 31.8 Å². The molecular formula is C16H22N2O7S. The van der Waals surface area contributed by atoms with Crippen LogP contribution in [0.25, 0.3) is 0 Å². The van der Waals surface area contributed by atoms with Gasteiger partial charge in [-0.2, -0.15) is 4.31 Å². The van der Waals surface area contributed by atoms with Crippen molar-refractivity contribution in [1.29, 1.82) is 0 Å². The molecule has 1 aliphatic rings. The van der Waals surface area contributed by atoms with Crippen LogP contribution in [0.15, 0.2) is 23.1 Å². The van der Waals surface area contributed by atoms with Gasteiger partial charge in [-0.15, -0.1) is 0 Å². The molecule has 0 bridgehead atoms. The summed E-state index contributed by atoms with van der Waals surface area (Å²) in [5.74, 6) is -1.48. The Bertz CT molecular complexity index is 773. The molecule has 1 heterocycles. The fourth-order valence-corrected chi connectivity index (χ4v) is 4.17. The van der Waals surface area contributed by atoms with Crippen LogP contribution in [0.5, 0.6) is 0 Å². The van der Waals surface area contributed by atoms with E-state index >= 15 is 0 Å². The minimum Gasteiger partial charge on any atom is -0.467 e. The molecule has 0 unspecified atom stereocenters. The van der Waals surface area contributed by atoms with Gasteiger partial charge in [-0.1, -0.05) is 6.07 Å². The first kappa shape index (κ1) is 20.3. The molecule has 0 saturated carbocycles. The molecule has 2 N–H and O–H groups in total. The molecule has 1 saturated heterocycles. The number of nitrogens with zero attached hydrogens (tertiary/aromatic N) is 1. The second kappa shape index (κ2) is 8.58. The lowest BCUT2D eigenvalue weighted by atomic mass is 10.1. The number of hydrogen-bond acceptors (Lipinski definition) is 7. The van der Waals surface area contributed by atoms with Gasteiger partial charge in [0, 0.05) is 18.7 Å². The molecule has 1 aromatic carbocycles. The van der Waals surface area contributed by atoms with Crippen LogP contribution < -0.4 is 5.32 Å². The van der Waals surface area contributed by atoms with E-state index < -0.39 is 34.5 Å². The van der Waals surface area contributed by atoms with Crippen molar-refractivity contribution in [3.8, 4) is 0 Å². The van der Waals surface area contributed by atoms with Crippen molar-refractivity contribution in [2.45, 2.75) is 17.9 Å². The van der Waals surface area contributed by atoms with Crippen molar-refractivity contribution in [3.63, 3.8) is 0 Å². The van der Waals surface area contributed by atoms with Crippen LogP contribution in [0.1, 0.15) is 15.9 Å². The predicted octanol–water partition coefficient (Wildman–Crippen LogP) is -0.720. The number of methoxy groups -OCH3 is 1. The second-order valence-electron chi connectivity index (χ2n) is 5.73. The highest BCUT2D eigenvalue weighted by Gasteiger charge is 2.29. The fraction of sp³-hybridized carbons (Fsp3) is 0.500. The molecular weight excluding hydrogens is 364 g/mol. The van der Waals surface area contributed by atoms with E-state index in [4.69, 9.17) is 4.74 Å². The van der Waals surface area contributed by atoms with Crippen LogP contribution >= 0.6 is 0 Å². The monoisotopic (exact) mass is 386 g/mol. The number of esters is 1. The van der Waals surface area contributed by atoms with Crippen molar-refractivity contribution in [3.05, 3.63) is 29.3 Å². The molecule has 0 aliphatic carbocycles. The van der Waals surface area contributed by atoms with Gasteiger partial charge in [-0.05, 0) is 24.6 Å². The van der Waals surface area contributed by atoms with E-state index in [2.05, 4.69) is 10.1 Å². The third kappa shape index (κ3) is 4.39. The fourth-order valence-electron chi connectivity index (χ4n) is 2.51. The minimum atomic E-state index is -3.77. The molecule has 1 fully saturated rings. The minimum absolute atomic E-state index is 0.0191. The Morgan fingerprint density at radius 2 is 2.00 bits per heavy atom. The first-order chi connectivity index (χ1) is 12.3. The summed E-state index contributed by atoms with van der Waals surface area (Å²) >= 11 is 0. The number of ether oxygens (including phenoxy) is 2. The van der Waals surface area contributed by atoms with E-state index in [0.717, 1.165) is 7.11 Å². The molecule has 144 valence electrons. The van der Waals surface area contributed by atoms with Crippen LogP contribution in [0.4, 0.5) is 0 Å². The van der Waals surface area contributed by atoms with Crippen molar-refractivity contribution in [1.82, 2.24) is 9.62 Å². The molecule has 0 radical (unpaired) electrons. The Labute approximate surface area is 151 Å². The second-order valence-corrected chi connectivity index (χ2v) is 7.63. The maximum absolute atomic E-state index is 12.8. The number of hydrogen-bond donors (Lipinski definition) is 2. The predicted molar refractivity (Wildman–Crippen MR) is 91.1 cm³/mol. The summed E-state index contributed by atoms with van der Waals surface area (Å²) in [5.41, 5.74) is 0.560. The Morgan fingerprint density at radius 3 is 2.58 bits per heavy atom. The molecule has 1 aliphatic heterocycles. The highest BCUT2D eigenvalue weighted by atomic mass is 32.2. The Morgan fingerprint density at radius 1 is 1.35 bits per heavy atom. The van der Waals surface area contributed by atoms with Crippen LogP contribution in [0.3, 0.4) is 0 Å². The first-order valence-electron chi connectivity index (χ1n) is 7.99. The van der Waals surface area contributed by atoms with Crippen molar-refractivity contribution >= 4 is 21.9 Å². The van der Waals surface area contributed by atoms with Crippen LogP contribution in [-0.2, 0) is 24.3 Å². The normalized spacial score (nSPS) is 16.7. The number of sulfonamides is 1. The quantitative estimate of drug-likeness (QED) is 0.619. The van der Waals surface area contributed by atoms with Gasteiger partial charge in [-0.25, -0.2) is 13.2 Å². The SMILES string of the molecule is COC(=O)[C@@H](CO)NC(=O)c1ccc(C)c(S(=O)(=O)N2CCOCC2)c1. The van der Waals surface area contributed by atoms with E-state index in [1.807, 2.05) is 0 Å². The molecule has 1 atom stereocenters. The van der Waals surface area contributed by atoms with Crippen molar-refractivity contribution in [2.24, 2.45) is 0 Å². The molecule has 1 amide bonds. The summed E-state index contributed by atoms with van der Waals surface area (Å²) in [6, 6.07) is 3.01. The van der Waals surface area contributed by atoms with Gasteiger partial charge in [0.2, 0.25) is 10.0 Å². The van der Waals surface area contributed by atoms with Gasteiger partial charge in [0.15, 0.2) is 6.04 Å². The number of amides is 1. The Hall–Kier alpha value is -2.01. The van der Waals surface area contributed by atoms with Crippen molar-refractivity contribution in [2.75, 3.05) is 40.0 Å². The number of aliphatic hydroxyl groups is 1.